The van der Waals surface area contributed by atoms with Crippen LogP contribution in [0.1, 0.15) is 36.3 Å². The third-order valence-electron chi connectivity index (χ3n) is 4.43. The molecule has 7 heteroatoms. The summed E-state index contributed by atoms with van der Waals surface area (Å²) in [4.78, 5) is 12.3. The fourth-order valence-electron chi connectivity index (χ4n) is 2.64. The van der Waals surface area contributed by atoms with Gasteiger partial charge in [0.15, 0.2) is 0 Å². The van der Waals surface area contributed by atoms with Gasteiger partial charge in [-0.1, -0.05) is 13.8 Å². The second-order valence-corrected chi connectivity index (χ2v) is 7.19. The maximum Gasteiger partial charge on any atom is 0.289 e. The highest BCUT2D eigenvalue weighted by molar-refractivity contribution is 5.94. The second kappa shape index (κ2) is 10.2. The molecule has 1 aromatic heterocycles. The number of ether oxygens (including phenoxy) is 2. The molecule has 0 bridgehead atoms. The van der Waals surface area contributed by atoms with Crippen molar-refractivity contribution in [1.82, 2.24) is 15.6 Å². The molecule has 30 heavy (non-hydrogen) atoms. The SMILES string of the molecule is COc1ccc(/C=N/NC(=O)c2cc(-c3ccc(OCCC(C)C)cc3)n[nH]2)cc1. The van der Waals surface area contributed by atoms with Crippen LogP contribution in [-0.4, -0.2) is 36.0 Å². The highest BCUT2D eigenvalue weighted by Crippen LogP contribution is 2.21. The van der Waals surface area contributed by atoms with Crippen molar-refractivity contribution in [2.75, 3.05) is 13.7 Å². The molecule has 0 aliphatic heterocycles. The molecule has 0 saturated heterocycles. The predicted octanol–water partition coefficient (Wildman–Crippen LogP) is 4.27. The second-order valence-electron chi connectivity index (χ2n) is 7.19. The number of aromatic amines is 1. The number of nitrogens with one attached hydrogen (secondary N) is 2. The number of amides is 1. The standard InChI is InChI=1S/C23H26N4O3/c1-16(2)12-13-30-20-10-6-18(7-11-20)21-14-22(26-25-21)23(28)27-24-15-17-4-8-19(29-3)9-5-17/h4-11,14-16H,12-13H2,1-3H3,(H,25,26)(H,27,28)/b24-15+. The van der Waals surface area contributed by atoms with Crippen LogP contribution < -0.4 is 14.9 Å². The van der Waals surface area contributed by atoms with E-state index in [9.17, 15) is 4.79 Å². The largest absolute Gasteiger partial charge is 0.497 e. The Labute approximate surface area is 176 Å². The van der Waals surface area contributed by atoms with Gasteiger partial charge in [-0.25, -0.2) is 5.43 Å². The van der Waals surface area contributed by atoms with Crippen LogP contribution in [0.25, 0.3) is 11.3 Å². The Kier molecular flexibility index (Phi) is 7.21. The number of H-pyrrole nitrogens is 1. The zero-order valence-corrected chi connectivity index (χ0v) is 17.4. The van der Waals surface area contributed by atoms with Crippen molar-refractivity contribution < 1.29 is 14.3 Å². The number of carbonyl (C=O) groups excluding carboxylic acids is 1. The average molecular weight is 406 g/mol. The van der Waals surface area contributed by atoms with Crippen LogP contribution in [0.5, 0.6) is 11.5 Å². The van der Waals surface area contributed by atoms with E-state index in [4.69, 9.17) is 9.47 Å². The Morgan fingerprint density at radius 3 is 2.50 bits per heavy atom. The highest BCUT2D eigenvalue weighted by Gasteiger charge is 2.10. The van der Waals surface area contributed by atoms with Crippen LogP contribution in [-0.2, 0) is 0 Å². The molecule has 0 radical (unpaired) electrons. The maximum absolute atomic E-state index is 12.3. The first-order valence-corrected chi connectivity index (χ1v) is 9.81. The summed E-state index contributed by atoms with van der Waals surface area (Å²) in [5.74, 6) is 1.82. The summed E-state index contributed by atoms with van der Waals surface area (Å²) >= 11 is 0. The smallest absolute Gasteiger partial charge is 0.289 e. The summed E-state index contributed by atoms with van der Waals surface area (Å²) in [7, 11) is 1.61. The van der Waals surface area contributed by atoms with E-state index in [0.29, 0.717) is 23.9 Å². The van der Waals surface area contributed by atoms with Crippen molar-refractivity contribution in [3.05, 3.63) is 65.9 Å². The van der Waals surface area contributed by atoms with E-state index in [1.54, 1.807) is 19.4 Å². The van der Waals surface area contributed by atoms with Gasteiger partial charge in [0.2, 0.25) is 0 Å². The van der Waals surface area contributed by atoms with Gasteiger partial charge in [-0.3, -0.25) is 9.89 Å². The minimum atomic E-state index is -0.368. The normalized spacial score (nSPS) is 11.1. The van der Waals surface area contributed by atoms with Gasteiger partial charge in [0.1, 0.15) is 17.2 Å². The summed E-state index contributed by atoms with van der Waals surface area (Å²) in [6, 6.07) is 16.7. The number of aromatic nitrogens is 2. The van der Waals surface area contributed by atoms with E-state index >= 15 is 0 Å². The molecule has 0 unspecified atom stereocenters. The quantitative estimate of drug-likeness (QED) is 0.410. The van der Waals surface area contributed by atoms with Gasteiger partial charge in [0.05, 0.1) is 25.6 Å². The van der Waals surface area contributed by atoms with E-state index in [2.05, 4.69) is 34.6 Å². The van der Waals surface area contributed by atoms with Crippen LogP contribution in [0.3, 0.4) is 0 Å². The molecule has 0 aliphatic carbocycles. The molecule has 0 saturated carbocycles. The van der Waals surface area contributed by atoms with Crippen LogP contribution in [0.4, 0.5) is 0 Å². The molecule has 0 atom stereocenters. The molecule has 0 fully saturated rings. The minimum absolute atomic E-state index is 0.328. The Morgan fingerprint density at radius 2 is 1.83 bits per heavy atom. The first-order valence-electron chi connectivity index (χ1n) is 9.81. The lowest BCUT2D eigenvalue weighted by molar-refractivity contribution is 0.0950. The van der Waals surface area contributed by atoms with Gasteiger partial charge in [-0.15, -0.1) is 0 Å². The summed E-state index contributed by atoms with van der Waals surface area (Å²) in [5, 5.41) is 10.9. The van der Waals surface area contributed by atoms with Gasteiger partial charge in [0, 0.05) is 5.56 Å². The molecule has 1 amide bonds. The first kappa shape index (κ1) is 21.1. The van der Waals surface area contributed by atoms with Crippen molar-refractivity contribution >= 4 is 12.1 Å². The predicted molar refractivity (Wildman–Crippen MR) is 117 cm³/mol. The molecule has 0 spiro atoms. The lowest BCUT2D eigenvalue weighted by atomic mass is 10.1. The van der Waals surface area contributed by atoms with E-state index in [-0.39, 0.29) is 5.91 Å². The van der Waals surface area contributed by atoms with E-state index < -0.39 is 0 Å². The number of benzene rings is 2. The third kappa shape index (κ3) is 5.94. The van der Waals surface area contributed by atoms with Crippen molar-refractivity contribution in [2.24, 2.45) is 11.0 Å². The van der Waals surface area contributed by atoms with Crippen molar-refractivity contribution in [3.8, 4) is 22.8 Å². The molecular formula is C23H26N4O3. The monoisotopic (exact) mass is 406 g/mol. The lowest BCUT2D eigenvalue weighted by Crippen LogP contribution is -2.17. The van der Waals surface area contributed by atoms with Crippen LogP contribution in [0, 0.1) is 5.92 Å². The van der Waals surface area contributed by atoms with Gasteiger partial charge in [-0.2, -0.15) is 10.2 Å². The summed E-state index contributed by atoms with van der Waals surface area (Å²) in [6.45, 7) is 5.03. The lowest BCUT2D eigenvalue weighted by Gasteiger charge is -2.08. The highest BCUT2D eigenvalue weighted by atomic mass is 16.5. The van der Waals surface area contributed by atoms with E-state index in [0.717, 1.165) is 29.0 Å². The van der Waals surface area contributed by atoms with Gasteiger partial charge in [-0.05, 0) is 72.5 Å². The first-order chi connectivity index (χ1) is 14.5. The number of hydrogen-bond acceptors (Lipinski definition) is 5. The fourth-order valence-corrected chi connectivity index (χ4v) is 2.64. The molecule has 2 N–H and O–H groups in total. The van der Waals surface area contributed by atoms with E-state index in [1.807, 2.05) is 48.5 Å². The van der Waals surface area contributed by atoms with Gasteiger partial charge < -0.3 is 9.47 Å². The number of hydrogen-bond donors (Lipinski definition) is 2. The van der Waals surface area contributed by atoms with Crippen LogP contribution in [0.15, 0.2) is 59.7 Å². The molecule has 7 nitrogen and oxygen atoms in total. The average Bonchev–Trinajstić information content (AvgIpc) is 3.25. The molecule has 3 aromatic rings. The Morgan fingerprint density at radius 1 is 1.13 bits per heavy atom. The number of rotatable bonds is 9. The van der Waals surface area contributed by atoms with Crippen LogP contribution >= 0.6 is 0 Å². The van der Waals surface area contributed by atoms with E-state index in [1.165, 1.54) is 0 Å². The Bertz CT molecular complexity index is 976. The number of methoxy groups -OCH3 is 1. The number of hydrazone groups is 1. The zero-order valence-electron chi connectivity index (χ0n) is 17.4. The topological polar surface area (TPSA) is 88.6 Å². The molecule has 3 rings (SSSR count). The fraction of sp³-hybridized carbons (Fsp3) is 0.261. The number of nitrogens with zero attached hydrogens (tertiary/aromatic N) is 2. The van der Waals surface area contributed by atoms with Crippen molar-refractivity contribution in [3.63, 3.8) is 0 Å². The Balaban J connectivity index is 1.55. The molecule has 2 aromatic carbocycles. The minimum Gasteiger partial charge on any atom is -0.497 e. The van der Waals surface area contributed by atoms with Gasteiger partial charge in [0.25, 0.3) is 5.91 Å². The molecule has 1 heterocycles. The third-order valence-corrected chi connectivity index (χ3v) is 4.43. The summed E-state index contributed by atoms with van der Waals surface area (Å²) < 4.78 is 10.8. The van der Waals surface area contributed by atoms with Crippen LogP contribution in [0.2, 0.25) is 0 Å². The zero-order chi connectivity index (χ0) is 21.3. The van der Waals surface area contributed by atoms with Gasteiger partial charge >= 0.3 is 0 Å². The van der Waals surface area contributed by atoms with Crippen molar-refractivity contribution in [2.45, 2.75) is 20.3 Å². The summed E-state index contributed by atoms with van der Waals surface area (Å²) in [5.41, 5.74) is 5.23. The number of carbonyl (C=O) groups is 1. The molecule has 0 aliphatic rings. The molecule has 156 valence electrons. The van der Waals surface area contributed by atoms with Crippen molar-refractivity contribution in [1.29, 1.82) is 0 Å². The maximum atomic E-state index is 12.3. The Hall–Kier alpha value is -3.61. The molecular weight excluding hydrogens is 380 g/mol. The summed E-state index contributed by atoms with van der Waals surface area (Å²) in [6.07, 6.45) is 2.58.